The first-order valence-corrected chi connectivity index (χ1v) is 9.74. The smallest absolute Gasteiger partial charge is 0.376 e. The van der Waals surface area contributed by atoms with Crippen molar-refractivity contribution in [3.63, 3.8) is 0 Å². The average Bonchev–Trinajstić information content (AvgIpc) is 3.34. The van der Waals surface area contributed by atoms with Gasteiger partial charge >= 0.3 is 6.18 Å². The van der Waals surface area contributed by atoms with E-state index in [1.807, 2.05) is 0 Å². The van der Waals surface area contributed by atoms with Crippen LogP contribution < -0.4 is 5.32 Å². The molecule has 0 aliphatic carbocycles. The van der Waals surface area contributed by atoms with Crippen LogP contribution >= 0.6 is 15.9 Å². The lowest BCUT2D eigenvalue weighted by Gasteiger charge is -2.11. The lowest BCUT2D eigenvalue weighted by Crippen LogP contribution is -2.32. The second-order valence-corrected chi connectivity index (χ2v) is 7.59. The van der Waals surface area contributed by atoms with Gasteiger partial charge in [0.05, 0.1) is 11.8 Å². The van der Waals surface area contributed by atoms with E-state index in [1.54, 1.807) is 24.3 Å². The number of nitrogens with zero attached hydrogens (tertiary/aromatic N) is 3. The molecular formula is C19H16BrF3N4O2. The van der Waals surface area contributed by atoms with E-state index in [0.717, 1.165) is 23.4 Å². The van der Waals surface area contributed by atoms with Crippen LogP contribution in [0, 0.1) is 0 Å². The predicted molar refractivity (Wildman–Crippen MR) is 102 cm³/mol. The third kappa shape index (κ3) is 4.27. The molecule has 0 unspecified atom stereocenters. The number of ether oxygens (including phenoxy) is 1. The summed E-state index contributed by atoms with van der Waals surface area (Å²) in [7, 11) is 0. The highest BCUT2D eigenvalue weighted by Gasteiger charge is 2.35. The third-order valence-corrected chi connectivity index (χ3v) is 5.13. The van der Waals surface area contributed by atoms with E-state index in [1.165, 1.54) is 6.07 Å². The van der Waals surface area contributed by atoms with Gasteiger partial charge in [0.1, 0.15) is 0 Å². The summed E-state index contributed by atoms with van der Waals surface area (Å²) in [6, 6.07) is 8.94. The van der Waals surface area contributed by atoms with Crippen LogP contribution in [0.1, 0.15) is 29.0 Å². The number of amides is 1. The number of carbonyl (C=O) groups excluding carboxylic acids is 1. The summed E-state index contributed by atoms with van der Waals surface area (Å²) in [4.78, 5) is 16.6. The molecule has 1 fully saturated rings. The van der Waals surface area contributed by atoms with Gasteiger partial charge in [-0.1, -0.05) is 28.1 Å². The zero-order valence-electron chi connectivity index (χ0n) is 15.0. The third-order valence-electron chi connectivity index (χ3n) is 4.60. The van der Waals surface area contributed by atoms with Crippen LogP contribution in [0.15, 0.2) is 40.9 Å². The molecule has 10 heteroatoms. The maximum absolute atomic E-state index is 13.6. The second-order valence-electron chi connectivity index (χ2n) is 6.68. The van der Waals surface area contributed by atoms with Gasteiger partial charge in [-0.05, 0) is 31.0 Å². The van der Waals surface area contributed by atoms with E-state index in [-0.39, 0.29) is 29.7 Å². The Hall–Kier alpha value is -2.46. The minimum Gasteiger partial charge on any atom is -0.376 e. The molecule has 3 aromatic rings. The molecule has 29 heavy (non-hydrogen) atoms. The van der Waals surface area contributed by atoms with Crippen molar-refractivity contribution in [2.75, 3.05) is 13.2 Å². The number of fused-ring (bicyclic) bond motifs is 1. The molecule has 3 heterocycles. The van der Waals surface area contributed by atoms with Crippen molar-refractivity contribution < 1.29 is 22.7 Å². The van der Waals surface area contributed by atoms with Crippen LogP contribution in [0.25, 0.3) is 16.9 Å². The van der Waals surface area contributed by atoms with Crippen molar-refractivity contribution in [1.29, 1.82) is 0 Å². The quantitative estimate of drug-likeness (QED) is 0.626. The predicted octanol–water partition coefficient (Wildman–Crippen LogP) is 4.09. The first kappa shape index (κ1) is 19.8. The molecular weight excluding hydrogens is 453 g/mol. The summed E-state index contributed by atoms with van der Waals surface area (Å²) in [6.07, 6.45) is -2.99. The standard InChI is InChI=1S/C19H16BrF3N4O2/c20-12-5-3-11(4-6-12)14-8-16(19(21,22)23)27-17(25-14)9-15(26-27)18(28)24-10-13-2-1-7-29-13/h3-6,8-9,13H,1-2,7,10H2,(H,24,28)/t13-/m0/s1. The fraction of sp³-hybridized carbons (Fsp3) is 0.316. The van der Waals surface area contributed by atoms with Gasteiger partial charge in [0.25, 0.3) is 5.91 Å². The maximum Gasteiger partial charge on any atom is 0.433 e. The lowest BCUT2D eigenvalue weighted by molar-refractivity contribution is -0.142. The van der Waals surface area contributed by atoms with Gasteiger partial charge in [-0.3, -0.25) is 4.79 Å². The van der Waals surface area contributed by atoms with Crippen LogP contribution in [0.5, 0.6) is 0 Å². The van der Waals surface area contributed by atoms with Crippen molar-refractivity contribution in [3.05, 3.63) is 52.3 Å². The van der Waals surface area contributed by atoms with E-state index in [2.05, 4.69) is 31.3 Å². The van der Waals surface area contributed by atoms with Gasteiger partial charge < -0.3 is 10.1 Å². The molecule has 2 aromatic heterocycles. The Morgan fingerprint density at radius 1 is 1.28 bits per heavy atom. The van der Waals surface area contributed by atoms with Gasteiger partial charge in [-0.25, -0.2) is 9.50 Å². The SMILES string of the molecule is O=C(NC[C@@H]1CCCO1)c1cc2nc(-c3ccc(Br)cc3)cc(C(F)(F)F)n2n1. The Balaban J connectivity index is 1.70. The molecule has 1 N–H and O–H groups in total. The van der Waals surface area contributed by atoms with Crippen LogP contribution in [0.3, 0.4) is 0 Å². The molecule has 1 saturated heterocycles. The summed E-state index contributed by atoms with van der Waals surface area (Å²) >= 11 is 3.29. The van der Waals surface area contributed by atoms with E-state index in [0.29, 0.717) is 16.7 Å². The van der Waals surface area contributed by atoms with Crippen LogP contribution in [-0.2, 0) is 10.9 Å². The van der Waals surface area contributed by atoms with Crippen molar-refractivity contribution in [2.45, 2.75) is 25.1 Å². The topological polar surface area (TPSA) is 68.5 Å². The zero-order chi connectivity index (χ0) is 20.6. The molecule has 4 rings (SSSR count). The summed E-state index contributed by atoms with van der Waals surface area (Å²) < 4.78 is 47.8. The number of carbonyl (C=O) groups is 1. The molecule has 1 atom stereocenters. The minimum absolute atomic E-state index is 0.0555. The molecule has 1 amide bonds. The molecule has 1 aliphatic heterocycles. The largest absolute Gasteiger partial charge is 0.433 e. The van der Waals surface area contributed by atoms with E-state index < -0.39 is 17.8 Å². The molecule has 0 saturated carbocycles. The van der Waals surface area contributed by atoms with Crippen LogP contribution in [-0.4, -0.2) is 39.8 Å². The van der Waals surface area contributed by atoms with Crippen LogP contribution in [0.4, 0.5) is 13.2 Å². The lowest BCUT2D eigenvalue weighted by atomic mass is 10.1. The number of rotatable bonds is 4. The van der Waals surface area contributed by atoms with Crippen molar-refractivity contribution in [1.82, 2.24) is 19.9 Å². The summed E-state index contributed by atoms with van der Waals surface area (Å²) in [6.45, 7) is 0.934. The van der Waals surface area contributed by atoms with Gasteiger partial charge in [-0.15, -0.1) is 0 Å². The molecule has 1 aromatic carbocycles. The first-order valence-electron chi connectivity index (χ1n) is 8.95. The number of halogens is 4. The van der Waals surface area contributed by atoms with Crippen molar-refractivity contribution in [3.8, 4) is 11.3 Å². The maximum atomic E-state index is 13.6. The highest BCUT2D eigenvalue weighted by Crippen LogP contribution is 2.32. The number of hydrogen-bond donors (Lipinski definition) is 1. The van der Waals surface area contributed by atoms with E-state index in [4.69, 9.17) is 4.74 Å². The fourth-order valence-electron chi connectivity index (χ4n) is 3.16. The Bertz CT molecular complexity index is 1040. The van der Waals surface area contributed by atoms with Crippen LogP contribution in [0.2, 0.25) is 0 Å². The number of nitrogens with one attached hydrogen (secondary N) is 1. The van der Waals surface area contributed by atoms with Gasteiger partial charge in [0.15, 0.2) is 17.0 Å². The molecule has 6 nitrogen and oxygen atoms in total. The normalized spacial score (nSPS) is 17.0. The van der Waals surface area contributed by atoms with Crippen molar-refractivity contribution in [2.24, 2.45) is 0 Å². The highest BCUT2D eigenvalue weighted by atomic mass is 79.9. The fourth-order valence-corrected chi connectivity index (χ4v) is 3.42. The zero-order valence-corrected chi connectivity index (χ0v) is 16.6. The summed E-state index contributed by atoms with van der Waals surface area (Å²) in [5, 5.41) is 6.51. The molecule has 1 aliphatic rings. The summed E-state index contributed by atoms with van der Waals surface area (Å²) in [5.74, 6) is -0.565. The Morgan fingerprint density at radius 3 is 2.69 bits per heavy atom. The molecule has 0 radical (unpaired) electrons. The van der Waals surface area contributed by atoms with E-state index >= 15 is 0 Å². The Kier molecular flexibility index (Phi) is 5.30. The molecule has 0 spiro atoms. The minimum atomic E-state index is -4.66. The highest BCUT2D eigenvalue weighted by molar-refractivity contribution is 9.10. The number of benzene rings is 1. The molecule has 0 bridgehead atoms. The Labute approximate surface area is 172 Å². The average molecular weight is 469 g/mol. The number of aromatic nitrogens is 3. The van der Waals surface area contributed by atoms with Crippen molar-refractivity contribution >= 4 is 27.5 Å². The molecule has 152 valence electrons. The van der Waals surface area contributed by atoms with Gasteiger partial charge in [-0.2, -0.15) is 18.3 Å². The first-order chi connectivity index (χ1) is 13.8. The van der Waals surface area contributed by atoms with Gasteiger partial charge in [0.2, 0.25) is 0 Å². The summed E-state index contributed by atoms with van der Waals surface area (Å²) in [5.41, 5.74) is -0.525. The van der Waals surface area contributed by atoms with Gasteiger partial charge in [0, 0.05) is 29.3 Å². The number of hydrogen-bond acceptors (Lipinski definition) is 4. The van der Waals surface area contributed by atoms with E-state index in [9.17, 15) is 18.0 Å². The second kappa shape index (κ2) is 7.75. The Morgan fingerprint density at radius 2 is 2.03 bits per heavy atom. The monoisotopic (exact) mass is 468 g/mol. The number of alkyl halides is 3.